The summed E-state index contributed by atoms with van der Waals surface area (Å²) in [5, 5.41) is 0. The zero-order valence-corrected chi connectivity index (χ0v) is 10.9. The van der Waals surface area contributed by atoms with Gasteiger partial charge in [0.05, 0.1) is 12.5 Å². The average Bonchev–Trinajstić information content (AvgIpc) is 2.42. The quantitative estimate of drug-likeness (QED) is 0.405. The van der Waals surface area contributed by atoms with Crippen LogP contribution >= 0.6 is 0 Å². The summed E-state index contributed by atoms with van der Waals surface area (Å²) >= 11 is 0. The number of rotatable bonds is 8. The van der Waals surface area contributed by atoms with Crippen LogP contribution in [0.5, 0.6) is 5.75 Å². The van der Waals surface area contributed by atoms with Gasteiger partial charge in [0, 0.05) is 0 Å². The number of carbonyl (C=O) groups is 1. The van der Waals surface area contributed by atoms with Crippen LogP contribution < -0.4 is 4.74 Å². The fourth-order valence-electron chi connectivity index (χ4n) is 1.20. The summed E-state index contributed by atoms with van der Waals surface area (Å²) in [6, 6.07) is 9.41. The van der Waals surface area contributed by atoms with Crippen molar-refractivity contribution in [3.8, 4) is 5.75 Å². The van der Waals surface area contributed by atoms with Crippen LogP contribution in [0.1, 0.15) is 20.3 Å². The normalized spacial score (nSPS) is 11.9. The van der Waals surface area contributed by atoms with Gasteiger partial charge in [0.25, 0.3) is 0 Å². The van der Waals surface area contributed by atoms with Gasteiger partial charge in [-0.15, -0.1) is 0 Å². The number of carbonyl (C=O) groups excluding carboxylic acids is 1. The second-order valence-electron chi connectivity index (χ2n) is 3.96. The molecule has 0 saturated carbocycles. The van der Waals surface area contributed by atoms with Crippen LogP contribution in [0.3, 0.4) is 0 Å². The van der Waals surface area contributed by atoms with E-state index in [4.69, 9.17) is 14.2 Å². The molecule has 0 saturated heterocycles. The first-order chi connectivity index (χ1) is 8.74. The first-order valence-corrected chi connectivity index (χ1v) is 6.16. The van der Waals surface area contributed by atoms with E-state index < -0.39 is 0 Å². The highest BCUT2D eigenvalue weighted by Crippen LogP contribution is 2.07. The first-order valence-electron chi connectivity index (χ1n) is 6.16. The Labute approximate surface area is 108 Å². The van der Waals surface area contributed by atoms with Crippen LogP contribution in [0.2, 0.25) is 0 Å². The number of benzene rings is 1. The minimum atomic E-state index is -0.176. The third-order valence-corrected chi connectivity index (χ3v) is 2.54. The van der Waals surface area contributed by atoms with Crippen molar-refractivity contribution in [2.45, 2.75) is 20.3 Å². The fraction of sp³-hybridized carbons (Fsp3) is 0.500. The molecule has 1 rings (SSSR count). The van der Waals surface area contributed by atoms with E-state index in [1.54, 1.807) is 0 Å². The molecule has 0 heterocycles. The molecule has 0 aliphatic heterocycles. The molecule has 0 aromatic heterocycles. The van der Waals surface area contributed by atoms with Crippen molar-refractivity contribution in [3.63, 3.8) is 0 Å². The van der Waals surface area contributed by atoms with Crippen molar-refractivity contribution in [3.05, 3.63) is 30.3 Å². The predicted octanol–water partition coefficient (Wildman–Crippen LogP) is 2.63. The Kier molecular flexibility index (Phi) is 6.87. The maximum atomic E-state index is 11.3. The predicted molar refractivity (Wildman–Crippen MR) is 68.3 cm³/mol. The van der Waals surface area contributed by atoms with Crippen molar-refractivity contribution in [1.82, 2.24) is 0 Å². The summed E-state index contributed by atoms with van der Waals surface area (Å²) in [5.41, 5.74) is 0. The lowest BCUT2D eigenvalue weighted by atomic mass is 10.1. The van der Waals surface area contributed by atoms with Gasteiger partial charge in [0.1, 0.15) is 12.4 Å². The second kappa shape index (κ2) is 8.53. The van der Waals surface area contributed by atoms with Gasteiger partial charge in [0.2, 0.25) is 0 Å². The van der Waals surface area contributed by atoms with Crippen LogP contribution in [0.4, 0.5) is 0 Å². The van der Waals surface area contributed by atoms with E-state index in [9.17, 15) is 4.79 Å². The summed E-state index contributed by atoms with van der Waals surface area (Å²) in [6.45, 7) is 4.57. The van der Waals surface area contributed by atoms with E-state index in [1.807, 2.05) is 44.2 Å². The van der Waals surface area contributed by atoms with Crippen LogP contribution in [-0.2, 0) is 14.3 Å². The maximum absolute atomic E-state index is 11.3. The van der Waals surface area contributed by atoms with Gasteiger partial charge in [-0.2, -0.15) is 0 Å². The molecule has 0 bridgehead atoms. The van der Waals surface area contributed by atoms with Gasteiger partial charge in [-0.25, -0.2) is 0 Å². The third-order valence-electron chi connectivity index (χ3n) is 2.54. The molecule has 1 aromatic rings. The van der Waals surface area contributed by atoms with Crippen molar-refractivity contribution < 1.29 is 19.0 Å². The van der Waals surface area contributed by atoms with E-state index in [2.05, 4.69) is 0 Å². The van der Waals surface area contributed by atoms with Gasteiger partial charge < -0.3 is 14.2 Å². The average molecular weight is 252 g/mol. The van der Waals surface area contributed by atoms with Gasteiger partial charge in [0.15, 0.2) is 6.79 Å². The molecule has 0 N–H and O–H groups in total. The van der Waals surface area contributed by atoms with Crippen molar-refractivity contribution in [2.24, 2.45) is 5.92 Å². The zero-order chi connectivity index (χ0) is 13.2. The Morgan fingerprint density at radius 3 is 2.61 bits per heavy atom. The van der Waals surface area contributed by atoms with Crippen molar-refractivity contribution in [2.75, 3.05) is 20.0 Å². The molecule has 0 fully saturated rings. The minimum absolute atomic E-state index is 0.0504. The molecular weight excluding hydrogens is 232 g/mol. The molecule has 1 atom stereocenters. The molecule has 0 aliphatic rings. The fourth-order valence-corrected chi connectivity index (χ4v) is 1.20. The highest BCUT2D eigenvalue weighted by Gasteiger charge is 2.10. The standard InChI is InChI=1S/C14H20O4/c1-3-12(2)14(15)17-10-9-16-11-18-13-7-5-4-6-8-13/h4-8,12H,3,9-11H2,1-2H3. The minimum Gasteiger partial charge on any atom is -0.468 e. The maximum Gasteiger partial charge on any atom is 0.308 e. The van der Waals surface area contributed by atoms with E-state index in [-0.39, 0.29) is 25.3 Å². The lowest BCUT2D eigenvalue weighted by Crippen LogP contribution is -2.17. The Balaban J connectivity index is 2.01. The second-order valence-corrected chi connectivity index (χ2v) is 3.96. The van der Waals surface area contributed by atoms with E-state index in [0.717, 1.165) is 12.2 Å². The Morgan fingerprint density at radius 1 is 1.22 bits per heavy atom. The van der Waals surface area contributed by atoms with E-state index in [1.165, 1.54) is 0 Å². The van der Waals surface area contributed by atoms with Crippen LogP contribution in [0, 0.1) is 5.92 Å². The summed E-state index contributed by atoms with van der Waals surface area (Å²) < 4.78 is 15.5. The molecular formula is C14H20O4. The number of para-hydroxylation sites is 1. The summed E-state index contributed by atoms with van der Waals surface area (Å²) in [7, 11) is 0. The van der Waals surface area contributed by atoms with Crippen molar-refractivity contribution >= 4 is 5.97 Å². The van der Waals surface area contributed by atoms with Gasteiger partial charge >= 0.3 is 5.97 Å². The van der Waals surface area contributed by atoms with E-state index >= 15 is 0 Å². The smallest absolute Gasteiger partial charge is 0.308 e. The first kappa shape index (κ1) is 14.5. The Hall–Kier alpha value is -1.55. The molecule has 18 heavy (non-hydrogen) atoms. The Bertz CT molecular complexity index is 337. The van der Waals surface area contributed by atoms with Gasteiger partial charge in [-0.3, -0.25) is 4.79 Å². The molecule has 0 amide bonds. The highest BCUT2D eigenvalue weighted by atomic mass is 16.7. The number of esters is 1. The van der Waals surface area contributed by atoms with Crippen LogP contribution in [0.25, 0.3) is 0 Å². The monoisotopic (exact) mass is 252 g/mol. The molecule has 1 unspecified atom stereocenters. The summed E-state index contributed by atoms with van der Waals surface area (Å²) in [4.78, 5) is 11.3. The molecule has 0 spiro atoms. The Morgan fingerprint density at radius 2 is 1.94 bits per heavy atom. The molecule has 4 heteroatoms. The van der Waals surface area contributed by atoms with E-state index in [0.29, 0.717) is 6.61 Å². The van der Waals surface area contributed by atoms with Gasteiger partial charge in [-0.1, -0.05) is 32.0 Å². The van der Waals surface area contributed by atoms with Crippen LogP contribution in [-0.4, -0.2) is 26.0 Å². The molecule has 4 nitrogen and oxygen atoms in total. The summed E-state index contributed by atoms with van der Waals surface area (Å²) in [6.07, 6.45) is 0.789. The molecule has 100 valence electrons. The molecule has 0 radical (unpaired) electrons. The lowest BCUT2D eigenvalue weighted by molar-refractivity contribution is -0.150. The van der Waals surface area contributed by atoms with Gasteiger partial charge in [-0.05, 0) is 18.6 Å². The topological polar surface area (TPSA) is 44.8 Å². The largest absolute Gasteiger partial charge is 0.468 e. The number of hydrogen-bond acceptors (Lipinski definition) is 4. The lowest BCUT2D eigenvalue weighted by Gasteiger charge is -2.10. The summed E-state index contributed by atoms with van der Waals surface area (Å²) in [5.74, 6) is 0.532. The highest BCUT2D eigenvalue weighted by molar-refractivity contribution is 5.71. The zero-order valence-electron chi connectivity index (χ0n) is 10.9. The molecule has 0 aliphatic carbocycles. The van der Waals surface area contributed by atoms with Crippen LogP contribution in [0.15, 0.2) is 30.3 Å². The molecule has 1 aromatic carbocycles. The number of ether oxygens (including phenoxy) is 3. The van der Waals surface area contributed by atoms with Crippen molar-refractivity contribution in [1.29, 1.82) is 0 Å². The SMILES string of the molecule is CCC(C)C(=O)OCCOCOc1ccccc1. The number of hydrogen-bond donors (Lipinski definition) is 0. The third kappa shape index (κ3) is 5.68.